The number of thiophene rings is 1. The molecule has 1 saturated heterocycles. The van der Waals surface area contributed by atoms with Crippen LogP contribution in [0.1, 0.15) is 32.1 Å². The van der Waals surface area contributed by atoms with Gasteiger partial charge in [0.15, 0.2) is 0 Å². The highest BCUT2D eigenvalue weighted by Crippen LogP contribution is 2.25. The van der Waals surface area contributed by atoms with Crippen molar-refractivity contribution in [2.75, 3.05) is 32.0 Å². The molecule has 1 fully saturated rings. The number of hydrogen-bond acceptors (Lipinski definition) is 5. The van der Waals surface area contributed by atoms with E-state index in [1.165, 1.54) is 11.3 Å². The molecule has 4 aromatic rings. The molecule has 0 radical (unpaired) electrons. The molecule has 2 amide bonds. The molecule has 0 saturated carbocycles. The molecular weight excluding hydrogens is 458 g/mol. The molecule has 1 aliphatic heterocycles. The summed E-state index contributed by atoms with van der Waals surface area (Å²) in [5.41, 5.74) is 5.44. The maximum Gasteiger partial charge on any atom is 0.266 e. The number of rotatable bonds is 6. The Morgan fingerprint density at radius 2 is 2.03 bits per heavy atom. The summed E-state index contributed by atoms with van der Waals surface area (Å²) in [6.07, 6.45) is 3.93. The van der Waals surface area contributed by atoms with E-state index in [9.17, 15) is 9.59 Å². The van der Waals surface area contributed by atoms with Crippen molar-refractivity contribution in [1.29, 1.82) is 0 Å². The van der Waals surface area contributed by atoms with Gasteiger partial charge in [0, 0.05) is 37.8 Å². The summed E-state index contributed by atoms with van der Waals surface area (Å²) < 4.78 is 0. The number of amides is 2. The quantitative estimate of drug-likeness (QED) is 0.417. The lowest BCUT2D eigenvalue weighted by Gasteiger charge is -2.32. The summed E-state index contributed by atoms with van der Waals surface area (Å²) >= 11 is 1.43. The highest BCUT2D eigenvalue weighted by Gasteiger charge is 2.21. The normalized spacial score (nSPS) is 14.8. The van der Waals surface area contributed by atoms with Gasteiger partial charge in [-0.05, 0) is 53.3 Å². The molecule has 0 spiro atoms. The summed E-state index contributed by atoms with van der Waals surface area (Å²) in [5.74, 6) is 0.00743. The number of H-pyrrole nitrogens is 1. The number of piperazine rings is 1. The van der Waals surface area contributed by atoms with Crippen LogP contribution in [0.3, 0.4) is 0 Å². The zero-order chi connectivity index (χ0) is 24.4. The summed E-state index contributed by atoms with van der Waals surface area (Å²) in [6, 6.07) is 16.0. The number of nitrogens with one attached hydrogen (secondary N) is 2. The Hall–Kier alpha value is -3.75. The molecule has 3 heterocycles. The van der Waals surface area contributed by atoms with Crippen LogP contribution in [0.4, 0.5) is 5.69 Å². The zero-order valence-electron chi connectivity index (χ0n) is 19.7. The Labute approximate surface area is 208 Å². The molecular formula is C27H27N5O2S. The first-order chi connectivity index (χ1) is 17.0. The smallest absolute Gasteiger partial charge is 0.266 e. The molecule has 0 aliphatic carbocycles. The first kappa shape index (κ1) is 23.0. The first-order valence-corrected chi connectivity index (χ1v) is 12.4. The lowest BCUT2D eigenvalue weighted by atomic mass is 10.1. The SMILES string of the molecule is Cc1ccsc1C(=O)Nc1cc(CN2CCN(C)C(=O)C2)ccc1C=Cc1n[nH]c2ccccc12. The lowest BCUT2D eigenvalue weighted by molar-refractivity contribution is -0.134. The number of benzene rings is 2. The average molecular weight is 486 g/mol. The molecule has 0 unspecified atom stereocenters. The summed E-state index contributed by atoms with van der Waals surface area (Å²) in [6.45, 7) is 4.54. The maximum atomic E-state index is 13.0. The Kier molecular flexibility index (Phi) is 6.48. The molecule has 1 aliphatic rings. The van der Waals surface area contributed by atoms with Gasteiger partial charge in [0.1, 0.15) is 0 Å². The van der Waals surface area contributed by atoms with Gasteiger partial charge in [0.05, 0.1) is 22.6 Å². The van der Waals surface area contributed by atoms with Crippen molar-refractivity contribution < 1.29 is 9.59 Å². The number of likely N-dealkylation sites (N-methyl/N-ethyl adjacent to an activating group) is 1. The number of aromatic nitrogens is 2. The number of fused-ring (bicyclic) bond motifs is 1. The lowest BCUT2D eigenvalue weighted by Crippen LogP contribution is -2.47. The van der Waals surface area contributed by atoms with E-state index < -0.39 is 0 Å². The topological polar surface area (TPSA) is 81.3 Å². The number of para-hydroxylation sites is 1. The van der Waals surface area contributed by atoms with Crippen LogP contribution >= 0.6 is 11.3 Å². The van der Waals surface area contributed by atoms with Crippen LogP contribution in [0.5, 0.6) is 0 Å². The molecule has 5 rings (SSSR count). The zero-order valence-corrected chi connectivity index (χ0v) is 20.6. The predicted molar refractivity (Wildman–Crippen MR) is 141 cm³/mol. The van der Waals surface area contributed by atoms with E-state index in [2.05, 4.69) is 26.5 Å². The Bertz CT molecular complexity index is 1420. The second-order valence-corrected chi connectivity index (χ2v) is 9.74. The van der Waals surface area contributed by atoms with Gasteiger partial charge in [-0.15, -0.1) is 11.3 Å². The van der Waals surface area contributed by atoms with Crippen LogP contribution < -0.4 is 5.32 Å². The number of hydrogen-bond donors (Lipinski definition) is 2. The molecule has 7 nitrogen and oxygen atoms in total. The number of aromatic amines is 1. The fraction of sp³-hybridized carbons (Fsp3) is 0.222. The Balaban J connectivity index is 1.43. The largest absolute Gasteiger partial charge is 0.343 e. The molecule has 0 bridgehead atoms. The van der Waals surface area contributed by atoms with Crippen molar-refractivity contribution in [1.82, 2.24) is 20.0 Å². The van der Waals surface area contributed by atoms with Crippen molar-refractivity contribution in [2.45, 2.75) is 13.5 Å². The molecule has 0 atom stereocenters. The minimum atomic E-state index is -0.121. The van der Waals surface area contributed by atoms with E-state index in [1.807, 2.05) is 74.0 Å². The molecule has 178 valence electrons. The van der Waals surface area contributed by atoms with Gasteiger partial charge in [0.2, 0.25) is 5.91 Å². The van der Waals surface area contributed by atoms with Gasteiger partial charge in [-0.25, -0.2) is 0 Å². The molecule has 35 heavy (non-hydrogen) atoms. The van der Waals surface area contributed by atoms with Gasteiger partial charge in [-0.3, -0.25) is 19.6 Å². The minimum Gasteiger partial charge on any atom is -0.343 e. The van der Waals surface area contributed by atoms with Crippen LogP contribution in [-0.2, 0) is 11.3 Å². The first-order valence-electron chi connectivity index (χ1n) is 11.5. The fourth-order valence-corrected chi connectivity index (χ4v) is 5.04. The molecule has 2 aromatic carbocycles. The molecule has 8 heteroatoms. The van der Waals surface area contributed by atoms with Crippen LogP contribution in [0.25, 0.3) is 23.1 Å². The van der Waals surface area contributed by atoms with Crippen LogP contribution in [0, 0.1) is 6.92 Å². The number of carbonyl (C=O) groups is 2. The van der Waals surface area contributed by atoms with E-state index in [0.717, 1.165) is 52.1 Å². The monoisotopic (exact) mass is 485 g/mol. The number of nitrogens with zero attached hydrogens (tertiary/aromatic N) is 3. The van der Waals surface area contributed by atoms with Gasteiger partial charge >= 0.3 is 0 Å². The second kappa shape index (κ2) is 9.85. The fourth-order valence-electron chi connectivity index (χ4n) is 4.22. The third kappa shape index (κ3) is 5.03. The standard InChI is InChI=1S/C27H27N5O2S/c1-18-11-14-35-26(18)27(34)28-24-15-19(16-32-13-12-31(2)25(33)17-32)7-8-20(24)9-10-23-21-5-3-4-6-22(21)29-30-23/h3-11,14-15H,12-13,16-17H2,1-2H3,(H,28,34)(H,29,30). The number of aryl methyl sites for hydroxylation is 1. The predicted octanol–water partition coefficient (Wildman–Crippen LogP) is 4.63. The summed E-state index contributed by atoms with van der Waals surface area (Å²) in [7, 11) is 1.84. The van der Waals surface area contributed by atoms with Gasteiger partial charge in [0.25, 0.3) is 5.91 Å². The van der Waals surface area contributed by atoms with Crippen molar-refractivity contribution in [3.05, 3.63) is 81.2 Å². The van der Waals surface area contributed by atoms with Crippen molar-refractivity contribution in [3.63, 3.8) is 0 Å². The van der Waals surface area contributed by atoms with Gasteiger partial charge in [-0.2, -0.15) is 5.10 Å². The van der Waals surface area contributed by atoms with Crippen LogP contribution in [-0.4, -0.2) is 58.5 Å². The van der Waals surface area contributed by atoms with E-state index in [1.54, 1.807) is 4.90 Å². The van der Waals surface area contributed by atoms with Gasteiger partial charge < -0.3 is 10.2 Å². The van der Waals surface area contributed by atoms with Crippen LogP contribution in [0.15, 0.2) is 53.9 Å². The van der Waals surface area contributed by atoms with Crippen molar-refractivity contribution in [3.8, 4) is 0 Å². The minimum absolute atomic E-state index is 0.121. The van der Waals surface area contributed by atoms with E-state index >= 15 is 0 Å². The third-order valence-electron chi connectivity index (χ3n) is 6.30. The van der Waals surface area contributed by atoms with E-state index in [0.29, 0.717) is 18.0 Å². The Morgan fingerprint density at radius 1 is 1.17 bits per heavy atom. The van der Waals surface area contributed by atoms with E-state index in [4.69, 9.17) is 0 Å². The number of carbonyl (C=O) groups excluding carboxylic acids is 2. The highest BCUT2D eigenvalue weighted by atomic mass is 32.1. The second-order valence-electron chi connectivity index (χ2n) is 8.82. The third-order valence-corrected chi connectivity index (χ3v) is 7.31. The average Bonchev–Trinajstić information content (AvgIpc) is 3.47. The maximum absolute atomic E-state index is 13.0. The van der Waals surface area contributed by atoms with Crippen LogP contribution in [0.2, 0.25) is 0 Å². The van der Waals surface area contributed by atoms with Crippen molar-refractivity contribution in [2.24, 2.45) is 0 Å². The van der Waals surface area contributed by atoms with Crippen molar-refractivity contribution >= 4 is 51.9 Å². The van der Waals surface area contributed by atoms with Gasteiger partial charge in [-0.1, -0.05) is 36.4 Å². The Morgan fingerprint density at radius 3 is 2.83 bits per heavy atom. The molecule has 2 aromatic heterocycles. The summed E-state index contributed by atoms with van der Waals surface area (Å²) in [4.78, 5) is 29.8. The molecule has 2 N–H and O–H groups in total. The summed E-state index contributed by atoms with van der Waals surface area (Å²) in [5, 5.41) is 13.6. The van der Waals surface area contributed by atoms with E-state index in [-0.39, 0.29) is 11.8 Å². The highest BCUT2D eigenvalue weighted by molar-refractivity contribution is 7.12. The number of anilines is 1.